The van der Waals surface area contributed by atoms with Gasteiger partial charge in [0.05, 0.1) is 31.3 Å². The molecule has 6 nitrogen and oxygen atoms in total. The number of hydrogen-bond acceptors (Lipinski definition) is 6. The number of ether oxygens (including phenoxy) is 1. The fourth-order valence-corrected chi connectivity index (χ4v) is 4.55. The third-order valence-electron chi connectivity index (χ3n) is 6.16. The molecule has 4 rings (SSSR count). The normalized spacial score (nSPS) is 20.6. The molecular formula is C25H31ClFN3O3S. The van der Waals surface area contributed by atoms with Crippen LogP contribution in [-0.4, -0.2) is 51.4 Å². The van der Waals surface area contributed by atoms with Gasteiger partial charge in [0.25, 0.3) is 0 Å². The van der Waals surface area contributed by atoms with Gasteiger partial charge in [0.1, 0.15) is 5.82 Å². The Morgan fingerprint density at radius 3 is 2.74 bits per heavy atom. The average molecular weight is 508 g/mol. The number of Topliss-reactive ketones (excluding diaryl/α,β-unsaturated/α-hetero) is 1. The third kappa shape index (κ3) is 6.49. The maximum atomic E-state index is 14.7. The van der Waals surface area contributed by atoms with E-state index < -0.39 is 6.04 Å². The lowest BCUT2D eigenvalue weighted by Gasteiger charge is -2.37. The van der Waals surface area contributed by atoms with Crippen molar-refractivity contribution in [2.75, 3.05) is 19.7 Å². The molecule has 0 bridgehead atoms. The van der Waals surface area contributed by atoms with Crippen LogP contribution < -0.4 is 0 Å². The first-order chi connectivity index (χ1) is 16.0. The Morgan fingerprint density at radius 1 is 1.26 bits per heavy atom. The van der Waals surface area contributed by atoms with E-state index in [1.807, 2.05) is 18.3 Å². The fourth-order valence-electron chi connectivity index (χ4n) is 4.28. The number of rotatable bonds is 9. The molecule has 2 aromatic rings. The highest BCUT2D eigenvalue weighted by Crippen LogP contribution is 2.39. The Bertz CT molecular complexity index is 1040. The smallest absolute Gasteiger partial charge is 0.307 e. The second-order valence-corrected chi connectivity index (χ2v) is 9.28. The molecule has 9 heteroatoms. The number of ketones is 1. The lowest BCUT2D eigenvalue weighted by atomic mass is 9.93. The van der Waals surface area contributed by atoms with Crippen LogP contribution in [0.1, 0.15) is 49.9 Å². The monoisotopic (exact) mass is 507 g/mol. The molecule has 0 amide bonds. The topological polar surface area (TPSA) is 64.4 Å². The van der Waals surface area contributed by atoms with Crippen LogP contribution in [0.3, 0.4) is 0 Å². The van der Waals surface area contributed by atoms with Gasteiger partial charge in [-0.05, 0) is 50.0 Å². The van der Waals surface area contributed by atoms with Crippen LogP contribution in [0.15, 0.2) is 42.1 Å². The summed E-state index contributed by atoms with van der Waals surface area (Å²) < 4.78 is 21.4. The van der Waals surface area contributed by atoms with Crippen molar-refractivity contribution in [3.05, 3.63) is 59.2 Å². The van der Waals surface area contributed by atoms with Crippen LogP contribution in [0.2, 0.25) is 0 Å². The summed E-state index contributed by atoms with van der Waals surface area (Å²) in [6, 6.07) is 7.90. The van der Waals surface area contributed by atoms with Gasteiger partial charge in [0.2, 0.25) is 0 Å². The molecule has 1 aliphatic carbocycles. The van der Waals surface area contributed by atoms with E-state index in [-0.39, 0.29) is 47.6 Å². The number of carbonyl (C=O) groups excluding carboxylic acids is 2. The van der Waals surface area contributed by atoms with Crippen molar-refractivity contribution in [3.8, 4) is 0 Å². The zero-order valence-corrected chi connectivity index (χ0v) is 20.9. The zero-order chi connectivity index (χ0) is 23.4. The number of esters is 1. The predicted octanol–water partition coefficient (Wildman–Crippen LogP) is 4.51. The number of hydrogen-bond donors (Lipinski definition) is 1. The van der Waals surface area contributed by atoms with Gasteiger partial charge in [0, 0.05) is 36.0 Å². The quantitative estimate of drug-likeness (QED) is 0.400. The number of halogens is 2. The summed E-state index contributed by atoms with van der Waals surface area (Å²) in [7, 11) is 0. The molecular weight excluding hydrogens is 477 g/mol. The zero-order valence-electron chi connectivity index (χ0n) is 19.2. The van der Waals surface area contributed by atoms with Crippen molar-refractivity contribution in [1.82, 2.24) is 14.7 Å². The summed E-state index contributed by atoms with van der Waals surface area (Å²) in [5.74, 6) is -0.438. The van der Waals surface area contributed by atoms with Gasteiger partial charge < -0.3 is 4.74 Å². The summed E-state index contributed by atoms with van der Waals surface area (Å²) in [4.78, 5) is 26.8. The molecule has 1 aromatic heterocycles. The molecule has 0 spiro atoms. The molecule has 184 valence electrons. The van der Waals surface area contributed by atoms with Crippen molar-refractivity contribution in [1.29, 1.82) is 0 Å². The first kappa shape index (κ1) is 26.4. The molecule has 2 atom stereocenters. The average Bonchev–Trinajstić information content (AvgIpc) is 3.56. The molecule has 34 heavy (non-hydrogen) atoms. The second-order valence-electron chi connectivity index (χ2n) is 8.65. The lowest BCUT2D eigenvalue weighted by Crippen LogP contribution is -2.42. The molecule has 1 aromatic carbocycles. The number of nitrogens with zero attached hydrogens (tertiary/aromatic N) is 3. The molecule has 2 unspecified atom stereocenters. The van der Waals surface area contributed by atoms with E-state index in [1.54, 1.807) is 29.8 Å². The predicted molar refractivity (Wildman–Crippen MR) is 135 cm³/mol. The molecule has 0 N–H and O–H groups in total. The van der Waals surface area contributed by atoms with E-state index in [0.29, 0.717) is 31.8 Å². The van der Waals surface area contributed by atoms with Crippen molar-refractivity contribution in [3.63, 3.8) is 0 Å². The van der Waals surface area contributed by atoms with E-state index >= 15 is 0 Å². The minimum absolute atomic E-state index is 0. The van der Waals surface area contributed by atoms with Crippen molar-refractivity contribution in [2.45, 2.75) is 50.4 Å². The van der Waals surface area contributed by atoms with Gasteiger partial charge in [-0.1, -0.05) is 18.2 Å². The first-order valence-electron chi connectivity index (χ1n) is 11.6. The Balaban J connectivity index is 0.00000324. The SMILES string of the molecule is CCOC(=O)CCn1ccc(/C=C2\CN(C(C(=O)C3CC3)c3ccccc3F)CCC2S)n1.Cl. The van der Waals surface area contributed by atoms with Gasteiger partial charge in [0.15, 0.2) is 5.78 Å². The van der Waals surface area contributed by atoms with Crippen LogP contribution >= 0.6 is 25.0 Å². The number of likely N-dealkylation sites (tertiary alicyclic amines) is 1. The Labute approximate surface area is 211 Å². The first-order valence-corrected chi connectivity index (χ1v) is 12.1. The van der Waals surface area contributed by atoms with Gasteiger partial charge in [-0.2, -0.15) is 17.7 Å². The largest absolute Gasteiger partial charge is 0.466 e. The minimum Gasteiger partial charge on any atom is -0.466 e. The fraction of sp³-hybridized carbons (Fsp3) is 0.480. The minimum atomic E-state index is -0.579. The van der Waals surface area contributed by atoms with Gasteiger partial charge in [-0.3, -0.25) is 19.2 Å². The number of benzene rings is 1. The summed E-state index contributed by atoms with van der Waals surface area (Å²) in [5, 5.41) is 4.58. The van der Waals surface area contributed by atoms with Crippen LogP contribution in [0, 0.1) is 11.7 Å². The molecule has 2 fully saturated rings. The number of thiol groups is 1. The lowest BCUT2D eigenvalue weighted by molar-refractivity contribution is -0.143. The van der Waals surface area contributed by atoms with Crippen molar-refractivity contribution < 1.29 is 18.7 Å². The number of carbonyl (C=O) groups is 2. The van der Waals surface area contributed by atoms with Crippen LogP contribution in [-0.2, 0) is 20.9 Å². The van der Waals surface area contributed by atoms with Crippen molar-refractivity contribution in [2.24, 2.45) is 5.92 Å². The van der Waals surface area contributed by atoms with E-state index in [9.17, 15) is 14.0 Å². The maximum absolute atomic E-state index is 14.7. The van der Waals surface area contributed by atoms with Gasteiger partial charge in [-0.25, -0.2) is 4.39 Å². The molecule has 1 saturated heterocycles. The molecule has 2 heterocycles. The van der Waals surface area contributed by atoms with E-state index in [4.69, 9.17) is 17.4 Å². The van der Waals surface area contributed by atoms with Gasteiger partial charge >= 0.3 is 5.97 Å². The molecule has 0 radical (unpaired) electrons. The maximum Gasteiger partial charge on any atom is 0.307 e. The standard InChI is InChI=1S/C25H30FN3O3S.ClH/c1-2-32-23(30)11-14-29-13-9-19(27-29)15-18-16-28(12-10-22(18)33)24(25(31)17-7-8-17)20-5-3-4-6-21(20)26;/h3-6,9,13,15,17,22,24,33H,2,7-8,10-12,14,16H2,1H3;1H/b18-15+;. The number of piperidine rings is 1. The van der Waals surface area contributed by atoms with E-state index in [0.717, 1.165) is 30.5 Å². The highest BCUT2D eigenvalue weighted by Gasteiger charge is 2.40. The molecule has 2 aliphatic rings. The van der Waals surface area contributed by atoms with Crippen LogP contribution in [0.4, 0.5) is 4.39 Å². The van der Waals surface area contributed by atoms with E-state index in [2.05, 4.69) is 10.00 Å². The summed E-state index contributed by atoms with van der Waals surface area (Å²) >= 11 is 4.76. The Morgan fingerprint density at radius 2 is 2.03 bits per heavy atom. The molecule has 1 aliphatic heterocycles. The summed E-state index contributed by atoms with van der Waals surface area (Å²) in [6.07, 6.45) is 6.63. The Hall–Kier alpha value is -2.16. The third-order valence-corrected chi connectivity index (χ3v) is 6.75. The van der Waals surface area contributed by atoms with E-state index in [1.165, 1.54) is 6.07 Å². The summed E-state index contributed by atoms with van der Waals surface area (Å²) in [5.41, 5.74) is 2.27. The van der Waals surface area contributed by atoms with Crippen molar-refractivity contribution >= 4 is 42.9 Å². The van der Waals surface area contributed by atoms with Crippen LogP contribution in [0.5, 0.6) is 0 Å². The molecule has 1 saturated carbocycles. The van der Waals surface area contributed by atoms with Gasteiger partial charge in [-0.15, -0.1) is 12.4 Å². The number of aromatic nitrogens is 2. The highest BCUT2D eigenvalue weighted by molar-refractivity contribution is 7.81. The highest BCUT2D eigenvalue weighted by atomic mass is 35.5. The number of aryl methyl sites for hydroxylation is 1. The van der Waals surface area contributed by atoms with Crippen LogP contribution in [0.25, 0.3) is 6.08 Å². The summed E-state index contributed by atoms with van der Waals surface area (Å²) in [6.45, 7) is 3.81. The second kappa shape index (κ2) is 12.0. The Kier molecular flexibility index (Phi) is 9.33.